The molecular formula is C6H11Cl2N3. The highest BCUT2D eigenvalue weighted by molar-refractivity contribution is 6.16. The second-order valence-electron chi connectivity index (χ2n) is 2.07. The maximum atomic E-state index is 5.66. The molecule has 0 N–H and O–H groups in total. The third-order valence-corrected chi connectivity index (χ3v) is 1.71. The van der Waals surface area contributed by atoms with E-state index in [1.54, 1.807) is 0 Å². The van der Waals surface area contributed by atoms with Gasteiger partial charge in [0.25, 0.3) is 0 Å². The first kappa shape index (κ1) is 10.7. The van der Waals surface area contributed by atoms with Gasteiger partial charge in [0.05, 0.1) is 17.3 Å². The largest absolute Gasteiger partial charge is 0.248 e. The predicted molar refractivity (Wildman–Crippen MR) is 47.2 cm³/mol. The van der Waals surface area contributed by atoms with Gasteiger partial charge in [0.15, 0.2) is 0 Å². The first-order valence-electron chi connectivity index (χ1n) is 3.24. The SMILES string of the molecule is CCn1nnc(C)c1CCl.Cl. The van der Waals surface area contributed by atoms with Gasteiger partial charge < -0.3 is 0 Å². The van der Waals surface area contributed by atoms with Crippen molar-refractivity contribution < 1.29 is 0 Å². The molecule has 5 heteroatoms. The van der Waals surface area contributed by atoms with Crippen LogP contribution in [-0.2, 0) is 12.4 Å². The van der Waals surface area contributed by atoms with Crippen LogP contribution in [0.5, 0.6) is 0 Å². The van der Waals surface area contributed by atoms with Crippen molar-refractivity contribution in [3.63, 3.8) is 0 Å². The monoisotopic (exact) mass is 195 g/mol. The molecule has 0 spiro atoms. The van der Waals surface area contributed by atoms with E-state index in [-0.39, 0.29) is 12.4 Å². The second-order valence-corrected chi connectivity index (χ2v) is 2.34. The summed E-state index contributed by atoms with van der Waals surface area (Å²) >= 11 is 5.66. The highest BCUT2D eigenvalue weighted by Gasteiger charge is 2.04. The Bertz CT molecular complexity index is 222. The van der Waals surface area contributed by atoms with Gasteiger partial charge in [-0.15, -0.1) is 29.1 Å². The molecule has 1 aromatic heterocycles. The van der Waals surface area contributed by atoms with Crippen molar-refractivity contribution in [2.24, 2.45) is 0 Å². The standard InChI is InChI=1S/C6H10ClN3.ClH/c1-3-10-6(4-7)5(2)8-9-10;/h3-4H2,1-2H3;1H. The minimum Gasteiger partial charge on any atom is -0.248 e. The molecular weight excluding hydrogens is 185 g/mol. The molecule has 0 atom stereocenters. The van der Waals surface area contributed by atoms with Crippen LogP contribution in [0.3, 0.4) is 0 Å². The van der Waals surface area contributed by atoms with Crippen LogP contribution in [0.1, 0.15) is 18.3 Å². The quantitative estimate of drug-likeness (QED) is 0.675. The summed E-state index contributed by atoms with van der Waals surface area (Å²) in [4.78, 5) is 0. The summed E-state index contributed by atoms with van der Waals surface area (Å²) in [5, 5.41) is 7.77. The highest BCUT2D eigenvalue weighted by atomic mass is 35.5. The molecule has 0 aromatic carbocycles. The first-order chi connectivity index (χ1) is 4.79. The Balaban J connectivity index is 0.000001000. The number of halogens is 2. The van der Waals surface area contributed by atoms with Gasteiger partial charge in [-0.25, -0.2) is 4.68 Å². The zero-order valence-electron chi connectivity index (χ0n) is 6.54. The van der Waals surface area contributed by atoms with Crippen LogP contribution in [0.15, 0.2) is 0 Å². The van der Waals surface area contributed by atoms with Gasteiger partial charge in [0, 0.05) is 6.54 Å². The summed E-state index contributed by atoms with van der Waals surface area (Å²) in [6.07, 6.45) is 0. The van der Waals surface area contributed by atoms with E-state index in [4.69, 9.17) is 11.6 Å². The lowest BCUT2D eigenvalue weighted by molar-refractivity contribution is 0.608. The van der Waals surface area contributed by atoms with Crippen LogP contribution < -0.4 is 0 Å². The summed E-state index contributed by atoms with van der Waals surface area (Å²) in [5.74, 6) is 0.493. The molecule has 0 aliphatic carbocycles. The molecule has 1 rings (SSSR count). The Morgan fingerprint density at radius 1 is 1.55 bits per heavy atom. The fourth-order valence-electron chi connectivity index (χ4n) is 0.839. The third kappa shape index (κ3) is 2.07. The fourth-order valence-corrected chi connectivity index (χ4v) is 1.17. The summed E-state index contributed by atoms with van der Waals surface area (Å²) < 4.78 is 1.81. The number of hydrogen-bond donors (Lipinski definition) is 0. The molecule has 0 amide bonds. The third-order valence-electron chi connectivity index (χ3n) is 1.46. The summed E-state index contributed by atoms with van der Waals surface area (Å²) in [5.41, 5.74) is 1.95. The van der Waals surface area contributed by atoms with Gasteiger partial charge in [0.1, 0.15) is 0 Å². The Hall–Kier alpha value is -0.280. The highest BCUT2D eigenvalue weighted by Crippen LogP contribution is 2.06. The minimum atomic E-state index is 0. The number of hydrogen-bond acceptors (Lipinski definition) is 2. The Morgan fingerprint density at radius 2 is 2.18 bits per heavy atom. The number of aryl methyl sites for hydroxylation is 2. The molecule has 0 aliphatic heterocycles. The molecule has 1 aromatic rings. The molecule has 64 valence electrons. The Labute approximate surface area is 77.1 Å². The van der Waals surface area contributed by atoms with Crippen LogP contribution in [0, 0.1) is 6.92 Å². The molecule has 0 unspecified atom stereocenters. The molecule has 1 heterocycles. The second kappa shape index (κ2) is 4.57. The number of nitrogens with zero attached hydrogens (tertiary/aromatic N) is 3. The van der Waals surface area contributed by atoms with Crippen molar-refractivity contribution in [3.8, 4) is 0 Å². The molecule has 0 saturated carbocycles. The fraction of sp³-hybridized carbons (Fsp3) is 0.667. The molecule has 0 radical (unpaired) electrons. The first-order valence-corrected chi connectivity index (χ1v) is 3.78. The van der Waals surface area contributed by atoms with Crippen LogP contribution >= 0.6 is 24.0 Å². The van der Waals surface area contributed by atoms with Gasteiger partial charge >= 0.3 is 0 Å². The van der Waals surface area contributed by atoms with Gasteiger partial charge in [0.2, 0.25) is 0 Å². The van der Waals surface area contributed by atoms with Crippen LogP contribution in [0.4, 0.5) is 0 Å². The lowest BCUT2D eigenvalue weighted by Gasteiger charge is -1.97. The number of rotatable bonds is 2. The van der Waals surface area contributed by atoms with Crippen molar-refractivity contribution in [2.75, 3.05) is 0 Å². The molecule has 11 heavy (non-hydrogen) atoms. The minimum absolute atomic E-state index is 0. The average Bonchev–Trinajstić information content (AvgIpc) is 2.30. The maximum absolute atomic E-state index is 5.66. The van der Waals surface area contributed by atoms with E-state index in [2.05, 4.69) is 10.3 Å². The number of aromatic nitrogens is 3. The molecule has 0 bridgehead atoms. The van der Waals surface area contributed by atoms with Crippen molar-refractivity contribution in [3.05, 3.63) is 11.4 Å². The summed E-state index contributed by atoms with van der Waals surface area (Å²) in [6.45, 7) is 4.77. The van der Waals surface area contributed by atoms with Gasteiger partial charge in [-0.1, -0.05) is 5.21 Å². The van der Waals surface area contributed by atoms with Crippen LogP contribution in [0.25, 0.3) is 0 Å². The zero-order valence-corrected chi connectivity index (χ0v) is 8.11. The zero-order chi connectivity index (χ0) is 7.56. The van der Waals surface area contributed by atoms with Gasteiger partial charge in [-0.05, 0) is 13.8 Å². The van der Waals surface area contributed by atoms with Crippen molar-refractivity contribution in [2.45, 2.75) is 26.3 Å². The predicted octanol–water partition coefficient (Wildman–Crippen LogP) is 1.77. The summed E-state index contributed by atoms with van der Waals surface area (Å²) in [6, 6.07) is 0. The van der Waals surface area contributed by atoms with Gasteiger partial charge in [-0.3, -0.25) is 0 Å². The van der Waals surface area contributed by atoms with E-state index in [9.17, 15) is 0 Å². The van der Waals surface area contributed by atoms with E-state index in [1.165, 1.54) is 0 Å². The van der Waals surface area contributed by atoms with Crippen molar-refractivity contribution in [1.82, 2.24) is 15.0 Å². The topological polar surface area (TPSA) is 30.7 Å². The van der Waals surface area contributed by atoms with E-state index in [0.717, 1.165) is 17.9 Å². The van der Waals surface area contributed by atoms with Crippen LogP contribution in [-0.4, -0.2) is 15.0 Å². The van der Waals surface area contributed by atoms with Crippen molar-refractivity contribution in [1.29, 1.82) is 0 Å². The average molecular weight is 196 g/mol. The smallest absolute Gasteiger partial charge is 0.0840 e. The van der Waals surface area contributed by atoms with Crippen molar-refractivity contribution >= 4 is 24.0 Å². The number of alkyl halides is 1. The van der Waals surface area contributed by atoms with Crippen LogP contribution in [0.2, 0.25) is 0 Å². The molecule has 0 fully saturated rings. The Kier molecular flexibility index (Phi) is 4.45. The molecule has 3 nitrogen and oxygen atoms in total. The van der Waals surface area contributed by atoms with E-state index >= 15 is 0 Å². The lowest BCUT2D eigenvalue weighted by Crippen LogP contribution is -2.01. The van der Waals surface area contributed by atoms with E-state index in [1.807, 2.05) is 18.5 Å². The maximum Gasteiger partial charge on any atom is 0.0840 e. The van der Waals surface area contributed by atoms with E-state index < -0.39 is 0 Å². The lowest BCUT2D eigenvalue weighted by atomic mass is 10.4. The van der Waals surface area contributed by atoms with Gasteiger partial charge in [-0.2, -0.15) is 0 Å². The Morgan fingerprint density at radius 3 is 2.55 bits per heavy atom. The summed E-state index contributed by atoms with van der Waals surface area (Å²) in [7, 11) is 0. The molecule has 0 saturated heterocycles. The normalized spacial score (nSPS) is 9.36. The van der Waals surface area contributed by atoms with E-state index in [0.29, 0.717) is 5.88 Å². The molecule has 0 aliphatic rings.